The van der Waals surface area contributed by atoms with E-state index >= 15 is 0 Å². The van der Waals surface area contributed by atoms with E-state index in [1.807, 2.05) is 0 Å². The standard InChI is InChI=1S/C42H48Ge.2Li.2H/c1-27-23-37-33(29-15-19-31(20-16-29)41(3,4)5)11-9-13-35(37)39(27)25-43-26-40-28(2)24-38-34(12-10-14-36(38)40)30-17-21-32(22-18-30)42(6,7)8;;;;/h9-24,39-40H,25-26,43H2,1-8H3;;;;. The zero-order chi connectivity index (χ0) is 30.5. The first-order valence-electron chi connectivity index (χ1n) is 16.3. The van der Waals surface area contributed by atoms with E-state index in [1.165, 1.54) is 55.0 Å². The molecule has 45 heavy (non-hydrogen) atoms. The van der Waals surface area contributed by atoms with Crippen molar-refractivity contribution in [2.45, 2.75) is 88.6 Å². The van der Waals surface area contributed by atoms with Crippen molar-refractivity contribution in [3.05, 3.63) is 129 Å². The fraction of sp³-hybridized carbons (Fsp3) is 0.333. The molecule has 2 unspecified atom stereocenters. The van der Waals surface area contributed by atoms with Gasteiger partial charge >= 0.3 is 306 Å². The first-order valence-corrected chi connectivity index (χ1v) is 20.5. The van der Waals surface area contributed by atoms with E-state index in [0.717, 1.165) is 0 Å². The van der Waals surface area contributed by atoms with E-state index in [2.05, 4.69) is 152 Å². The summed E-state index contributed by atoms with van der Waals surface area (Å²) in [6.07, 6.45) is 4.98. The normalized spacial score (nSPS) is 17.3. The third-order valence-electron chi connectivity index (χ3n) is 9.98. The van der Waals surface area contributed by atoms with Gasteiger partial charge < -0.3 is 0 Å². The van der Waals surface area contributed by atoms with Gasteiger partial charge in [-0.1, -0.05) is 0 Å². The second kappa shape index (κ2) is 14.1. The predicted octanol–water partition coefficient (Wildman–Crippen LogP) is 10.0. The molecule has 0 spiro atoms. The fourth-order valence-corrected chi connectivity index (χ4v) is 12.8. The van der Waals surface area contributed by atoms with Crippen molar-refractivity contribution in [3.63, 3.8) is 0 Å². The van der Waals surface area contributed by atoms with Crippen LogP contribution in [0.3, 0.4) is 0 Å². The van der Waals surface area contributed by atoms with Crippen molar-refractivity contribution in [3.8, 4) is 22.3 Å². The molecule has 0 fully saturated rings. The van der Waals surface area contributed by atoms with Crippen LogP contribution < -0.4 is 0 Å². The molecule has 3 heteroatoms. The van der Waals surface area contributed by atoms with E-state index in [9.17, 15) is 0 Å². The number of fused-ring (bicyclic) bond motifs is 2. The van der Waals surface area contributed by atoms with Crippen LogP contribution in [0.15, 0.2) is 96.1 Å². The van der Waals surface area contributed by atoms with Crippen LogP contribution in [0.25, 0.3) is 34.4 Å². The van der Waals surface area contributed by atoms with E-state index in [1.54, 1.807) is 22.3 Å². The molecule has 0 nitrogen and oxygen atoms in total. The summed E-state index contributed by atoms with van der Waals surface area (Å²) in [4.78, 5) is 0. The van der Waals surface area contributed by atoms with E-state index in [4.69, 9.17) is 0 Å². The molecule has 4 aromatic carbocycles. The molecule has 0 aromatic heterocycles. The zero-order valence-corrected chi connectivity index (χ0v) is 30.5. The number of allylic oxidation sites excluding steroid dienone is 2. The van der Waals surface area contributed by atoms with Gasteiger partial charge in [0.1, 0.15) is 0 Å². The van der Waals surface area contributed by atoms with Crippen LogP contribution in [0.1, 0.15) is 101 Å². The molecule has 4 aromatic rings. The molecule has 2 aliphatic rings. The number of hydrogen-bond acceptors (Lipinski definition) is 0. The summed E-state index contributed by atoms with van der Waals surface area (Å²) in [7, 11) is 0. The third kappa shape index (κ3) is 7.33. The van der Waals surface area contributed by atoms with Crippen LogP contribution >= 0.6 is 0 Å². The van der Waals surface area contributed by atoms with Crippen LogP contribution in [0.2, 0.25) is 10.5 Å². The second-order valence-electron chi connectivity index (χ2n) is 15.1. The van der Waals surface area contributed by atoms with Gasteiger partial charge in [0.2, 0.25) is 0 Å². The van der Waals surface area contributed by atoms with Crippen LogP contribution in [0, 0.1) is 0 Å². The average molecular weight is 641 g/mol. The molecule has 224 valence electrons. The summed E-state index contributed by atoms with van der Waals surface area (Å²) in [5.74, 6) is 1.20. The van der Waals surface area contributed by atoms with Crippen molar-refractivity contribution in [1.82, 2.24) is 0 Å². The number of rotatable bonds is 6. The fourth-order valence-electron chi connectivity index (χ4n) is 7.34. The summed E-state index contributed by atoms with van der Waals surface area (Å²) in [6.45, 7) is 18.5. The molecule has 6 rings (SSSR count). The molecule has 0 N–H and O–H groups in total. The summed E-state index contributed by atoms with van der Waals surface area (Å²) in [5.41, 5.74) is 17.7. The molecule has 2 atom stereocenters. The van der Waals surface area contributed by atoms with Crippen LogP contribution in [-0.4, -0.2) is 53.2 Å². The first kappa shape index (κ1) is 35.9. The Morgan fingerprint density at radius 1 is 0.511 bits per heavy atom. The molecule has 2 aliphatic carbocycles. The molecule has 0 saturated carbocycles. The predicted molar refractivity (Wildman–Crippen MR) is 206 cm³/mol. The average Bonchev–Trinajstić information content (AvgIpc) is 3.47. The van der Waals surface area contributed by atoms with Crippen molar-refractivity contribution in [2.75, 3.05) is 0 Å². The van der Waals surface area contributed by atoms with Gasteiger partial charge in [-0.25, -0.2) is 0 Å². The van der Waals surface area contributed by atoms with Crippen molar-refractivity contribution < 1.29 is 0 Å². The Hall–Kier alpha value is -1.90. The zero-order valence-electron chi connectivity index (χ0n) is 27.5. The van der Waals surface area contributed by atoms with Gasteiger partial charge in [0.15, 0.2) is 0 Å². The first-order chi connectivity index (χ1) is 20.4. The van der Waals surface area contributed by atoms with Gasteiger partial charge in [-0.15, -0.1) is 0 Å². The Morgan fingerprint density at radius 2 is 0.867 bits per heavy atom. The van der Waals surface area contributed by atoms with E-state index in [-0.39, 0.29) is 48.6 Å². The third-order valence-corrected chi connectivity index (χ3v) is 14.1. The van der Waals surface area contributed by atoms with Gasteiger partial charge in [0.25, 0.3) is 0 Å². The molecule has 0 amide bonds. The molecule has 0 aliphatic heterocycles. The Balaban J connectivity index is 0.00000230. The van der Waals surface area contributed by atoms with Gasteiger partial charge in [0.05, 0.1) is 0 Å². The van der Waals surface area contributed by atoms with Crippen LogP contribution in [-0.2, 0) is 10.8 Å². The van der Waals surface area contributed by atoms with Crippen molar-refractivity contribution in [2.24, 2.45) is 0 Å². The van der Waals surface area contributed by atoms with Gasteiger partial charge in [-0.05, 0) is 0 Å². The SMILES string of the molecule is CC1=Cc2c(-c3ccc(C(C)(C)C)cc3)cccc2C1[CH2][GeH2][CH2]C1C(C)=Cc2c(-c3ccc(C(C)(C)C)cc3)cccc21.[LiH].[LiH]. The summed E-state index contributed by atoms with van der Waals surface area (Å²) < 4.78 is 0. The quantitative estimate of drug-likeness (QED) is 0.184. The molecule has 0 bridgehead atoms. The van der Waals surface area contributed by atoms with E-state index < -0.39 is 15.4 Å². The van der Waals surface area contributed by atoms with Crippen molar-refractivity contribution >= 4 is 65.3 Å². The summed E-state index contributed by atoms with van der Waals surface area (Å²) >= 11 is -0.784. The molecule has 0 radical (unpaired) electrons. The minimum absolute atomic E-state index is 0. The topological polar surface area (TPSA) is 0 Å². The Morgan fingerprint density at radius 3 is 1.20 bits per heavy atom. The van der Waals surface area contributed by atoms with Gasteiger partial charge in [0, 0.05) is 0 Å². The van der Waals surface area contributed by atoms with Crippen molar-refractivity contribution in [1.29, 1.82) is 0 Å². The minimum atomic E-state index is -0.784. The van der Waals surface area contributed by atoms with Gasteiger partial charge in [-0.3, -0.25) is 0 Å². The van der Waals surface area contributed by atoms with Crippen LogP contribution in [0.5, 0.6) is 0 Å². The molecule has 0 heterocycles. The Bertz CT molecular complexity index is 1580. The monoisotopic (exact) mass is 642 g/mol. The van der Waals surface area contributed by atoms with E-state index in [0.29, 0.717) is 11.8 Å². The second-order valence-corrected chi connectivity index (χ2v) is 19.0. The van der Waals surface area contributed by atoms with Crippen LogP contribution in [0.4, 0.5) is 0 Å². The molecule has 0 saturated heterocycles. The Labute approximate surface area is 303 Å². The summed E-state index contributed by atoms with van der Waals surface area (Å²) in [6, 6.07) is 32.6. The number of benzene rings is 4. The maximum absolute atomic E-state index is 2.49. The maximum atomic E-state index is 2.49. The van der Waals surface area contributed by atoms with Gasteiger partial charge in [-0.2, -0.15) is 0 Å². The Kier molecular flexibility index (Phi) is 11.2. The molecular formula is C42H50GeLi2. The summed E-state index contributed by atoms with van der Waals surface area (Å²) in [5, 5.41) is 2.78. The number of hydrogen-bond donors (Lipinski definition) is 0. The molecular weight excluding hydrogens is 591 g/mol.